The van der Waals surface area contributed by atoms with Crippen LogP contribution in [0.5, 0.6) is 0 Å². The van der Waals surface area contributed by atoms with Crippen molar-refractivity contribution < 1.29 is 9.18 Å². The maximum Gasteiger partial charge on any atom is 0.225 e. The average molecular weight is 273 g/mol. The predicted molar refractivity (Wildman–Crippen MR) is 72.7 cm³/mol. The normalized spacial score (nSPS) is 18.2. The van der Waals surface area contributed by atoms with Gasteiger partial charge in [-0.2, -0.15) is 0 Å². The molecule has 1 aromatic rings. The molecular weight excluding hydrogens is 255 g/mol. The van der Waals surface area contributed by atoms with Crippen molar-refractivity contribution in [1.29, 1.82) is 0 Å². The van der Waals surface area contributed by atoms with Gasteiger partial charge in [-0.3, -0.25) is 4.79 Å². The van der Waals surface area contributed by atoms with Gasteiger partial charge in [0.15, 0.2) is 0 Å². The molecule has 1 aromatic carbocycles. The second-order valence-corrected chi connectivity index (χ2v) is 4.50. The van der Waals surface area contributed by atoms with Gasteiger partial charge in [-0.25, -0.2) is 4.39 Å². The first kappa shape index (κ1) is 14.9. The number of halogens is 2. The third kappa shape index (κ3) is 3.96. The standard InChI is InChI=1S/C13H17FN2O.ClH/c1-9-4-5-10(14)7-12(9)16-13(17)8-11-3-2-6-15-11;/h4-5,7,11,15H,2-3,6,8H2,1H3,(H,16,17);1H. The van der Waals surface area contributed by atoms with E-state index < -0.39 is 0 Å². The molecule has 1 amide bonds. The minimum Gasteiger partial charge on any atom is -0.326 e. The zero-order valence-electron chi connectivity index (χ0n) is 10.3. The van der Waals surface area contributed by atoms with Crippen LogP contribution in [0.25, 0.3) is 0 Å². The SMILES string of the molecule is Cc1ccc(F)cc1NC(=O)CC1CCCN1.Cl. The fraction of sp³-hybridized carbons (Fsp3) is 0.462. The van der Waals surface area contributed by atoms with E-state index in [0.717, 1.165) is 24.9 Å². The molecule has 1 heterocycles. The Morgan fingerprint density at radius 2 is 2.33 bits per heavy atom. The molecule has 0 aliphatic carbocycles. The highest BCUT2D eigenvalue weighted by Gasteiger charge is 2.17. The quantitative estimate of drug-likeness (QED) is 0.888. The Morgan fingerprint density at radius 3 is 3.00 bits per heavy atom. The molecule has 0 aromatic heterocycles. The van der Waals surface area contributed by atoms with Crippen LogP contribution in [0.1, 0.15) is 24.8 Å². The Morgan fingerprint density at radius 1 is 1.56 bits per heavy atom. The number of benzene rings is 1. The third-order valence-electron chi connectivity index (χ3n) is 3.07. The zero-order chi connectivity index (χ0) is 12.3. The van der Waals surface area contributed by atoms with Crippen molar-refractivity contribution in [3.05, 3.63) is 29.6 Å². The van der Waals surface area contributed by atoms with Gasteiger partial charge >= 0.3 is 0 Å². The van der Waals surface area contributed by atoms with E-state index >= 15 is 0 Å². The minimum absolute atomic E-state index is 0. The van der Waals surface area contributed by atoms with E-state index in [0.29, 0.717) is 12.1 Å². The van der Waals surface area contributed by atoms with Gasteiger partial charge in [-0.05, 0) is 44.0 Å². The summed E-state index contributed by atoms with van der Waals surface area (Å²) < 4.78 is 13.0. The van der Waals surface area contributed by atoms with Crippen LogP contribution in [0.2, 0.25) is 0 Å². The van der Waals surface area contributed by atoms with Gasteiger partial charge < -0.3 is 10.6 Å². The second-order valence-electron chi connectivity index (χ2n) is 4.50. The van der Waals surface area contributed by atoms with Gasteiger partial charge in [0.2, 0.25) is 5.91 Å². The number of rotatable bonds is 3. The number of hydrogen-bond donors (Lipinski definition) is 2. The van der Waals surface area contributed by atoms with Crippen molar-refractivity contribution in [2.45, 2.75) is 32.2 Å². The summed E-state index contributed by atoms with van der Waals surface area (Å²) in [4.78, 5) is 11.8. The lowest BCUT2D eigenvalue weighted by molar-refractivity contribution is -0.116. The first-order valence-corrected chi connectivity index (χ1v) is 5.94. The number of hydrogen-bond acceptors (Lipinski definition) is 2. The first-order valence-electron chi connectivity index (χ1n) is 5.94. The van der Waals surface area contributed by atoms with E-state index in [1.807, 2.05) is 6.92 Å². The number of carbonyl (C=O) groups excluding carboxylic acids is 1. The minimum atomic E-state index is -0.329. The molecule has 100 valence electrons. The summed E-state index contributed by atoms with van der Waals surface area (Å²) in [6, 6.07) is 4.68. The van der Waals surface area contributed by atoms with Crippen LogP contribution in [0, 0.1) is 12.7 Å². The Hall–Kier alpha value is -1.13. The van der Waals surface area contributed by atoms with Crippen LogP contribution in [-0.2, 0) is 4.79 Å². The van der Waals surface area contributed by atoms with Gasteiger partial charge in [-0.1, -0.05) is 6.07 Å². The van der Waals surface area contributed by atoms with Gasteiger partial charge in [0.05, 0.1) is 0 Å². The van der Waals surface area contributed by atoms with Crippen LogP contribution >= 0.6 is 12.4 Å². The van der Waals surface area contributed by atoms with Crippen molar-refractivity contribution in [2.24, 2.45) is 0 Å². The maximum atomic E-state index is 13.0. The molecule has 0 saturated carbocycles. The lowest BCUT2D eigenvalue weighted by Gasteiger charge is -2.12. The van der Waals surface area contributed by atoms with Gasteiger partial charge in [-0.15, -0.1) is 12.4 Å². The fourth-order valence-corrected chi connectivity index (χ4v) is 2.08. The van der Waals surface area contributed by atoms with Crippen LogP contribution in [0.3, 0.4) is 0 Å². The molecule has 0 radical (unpaired) electrons. The maximum absolute atomic E-state index is 13.0. The highest BCUT2D eigenvalue weighted by atomic mass is 35.5. The predicted octanol–water partition coefficient (Wildman–Crippen LogP) is 2.64. The van der Waals surface area contributed by atoms with E-state index in [1.165, 1.54) is 12.1 Å². The van der Waals surface area contributed by atoms with E-state index in [9.17, 15) is 9.18 Å². The summed E-state index contributed by atoms with van der Waals surface area (Å²) in [7, 11) is 0. The van der Waals surface area contributed by atoms with Crippen molar-refractivity contribution in [1.82, 2.24) is 5.32 Å². The van der Waals surface area contributed by atoms with Crippen LogP contribution in [0.4, 0.5) is 10.1 Å². The Kier molecular flexibility index (Phi) is 5.56. The van der Waals surface area contributed by atoms with Crippen molar-refractivity contribution in [3.8, 4) is 0 Å². The summed E-state index contributed by atoms with van der Waals surface area (Å²) >= 11 is 0. The molecule has 2 N–H and O–H groups in total. The van der Waals surface area contributed by atoms with Crippen LogP contribution in [-0.4, -0.2) is 18.5 Å². The van der Waals surface area contributed by atoms with Crippen molar-refractivity contribution >= 4 is 24.0 Å². The third-order valence-corrected chi connectivity index (χ3v) is 3.07. The molecular formula is C13H18ClFN2O. The smallest absolute Gasteiger partial charge is 0.225 e. The Balaban J connectivity index is 0.00000162. The second kappa shape index (κ2) is 6.71. The highest BCUT2D eigenvalue weighted by molar-refractivity contribution is 5.91. The Bertz CT molecular complexity index is 419. The van der Waals surface area contributed by atoms with E-state index in [1.54, 1.807) is 6.07 Å². The number of aryl methyl sites for hydroxylation is 1. The number of amides is 1. The molecule has 1 saturated heterocycles. The van der Waals surface area contributed by atoms with Gasteiger partial charge in [0, 0.05) is 18.2 Å². The van der Waals surface area contributed by atoms with Crippen LogP contribution in [0.15, 0.2) is 18.2 Å². The summed E-state index contributed by atoms with van der Waals surface area (Å²) in [6.45, 7) is 2.83. The summed E-state index contributed by atoms with van der Waals surface area (Å²) in [5.41, 5.74) is 1.44. The van der Waals surface area contributed by atoms with Crippen molar-refractivity contribution in [2.75, 3.05) is 11.9 Å². The molecule has 5 heteroatoms. The molecule has 18 heavy (non-hydrogen) atoms. The molecule has 0 bridgehead atoms. The fourth-order valence-electron chi connectivity index (χ4n) is 2.08. The largest absolute Gasteiger partial charge is 0.326 e. The molecule has 1 aliphatic rings. The summed E-state index contributed by atoms with van der Waals surface area (Å²) in [6.07, 6.45) is 2.61. The lowest BCUT2D eigenvalue weighted by atomic mass is 10.1. The number of anilines is 1. The molecule has 1 fully saturated rings. The molecule has 1 atom stereocenters. The first-order chi connectivity index (χ1) is 8.15. The van der Waals surface area contributed by atoms with E-state index in [2.05, 4.69) is 10.6 Å². The summed E-state index contributed by atoms with van der Waals surface area (Å²) in [5, 5.41) is 6.02. The van der Waals surface area contributed by atoms with Crippen molar-refractivity contribution in [3.63, 3.8) is 0 Å². The molecule has 1 aliphatic heterocycles. The lowest BCUT2D eigenvalue weighted by Crippen LogP contribution is -2.27. The molecule has 1 unspecified atom stereocenters. The number of carbonyl (C=O) groups is 1. The topological polar surface area (TPSA) is 41.1 Å². The van der Waals surface area contributed by atoms with Gasteiger partial charge in [0.1, 0.15) is 5.82 Å². The Labute approximate surface area is 113 Å². The highest BCUT2D eigenvalue weighted by Crippen LogP contribution is 2.17. The monoisotopic (exact) mass is 272 g/mol. The molecule has 0 spiro atoms. The average Bonchev–Trinajstić information content (AvgIpc) is 2.76. The number of nitrogens with one attached hydrogen (secondary N) is 2. The molecule has 2 rings (SSSR count). The zero-order valence-corrected chi connectivity index (χ0v) is 11.1. The van der Waals surface area contributed by atoms with Gasteiger partial charge in [0.25, 0.3) is 0 Å². The molecule has 3 nitrogen and oxygen atoms in total. The van der Waals surface area contributed by atoms with Crippen LogP contribution < -0.4 is 10.6 Å². The summed E-state index contributed by atoms with van der Waals surface area (Å²) in [5.74, 6) is -0.386. The van der Waals surface area contributed by atoms with E-state index in [4.69, 9.17) is 0 Å². The van der Waals surface area contributed by atoms with E-state index in [-0.39, 0.29) is 30.2 Å².